The zero-order valence-corrected chi connectivity index (χ0v) is 19.3. The van der Waals surface area contributed by atoms with E-state index in [1.54, 1.807) is 6.08 Å². The van der Waals surface area contributed by atoms with Crippen LogP contribution in [0.2, 0.25) is 0 Å². The van der Waals surface area contributed by atoms with Gasteiger partial charge in [-0.2, -0.15) is 0 Å². The zero-order valence-electron chi connectivity index (χ0n) is 19.3. The fourth-order valence-corrected chi connectivity index (χ4v) is 2.83. The number of aryl methyl sites for hydroxylation is 1. The molecule has 160 valence electrons. The molecule has 0 aromatic heterocycles. The number of benzene rings is 2. The number of carbonyl (C=O) groups excluding carboxylic acids is 1. The normalized spacial score (nSPS) is 11.4. The number of allylic oxidation sites excluding steroid dienone is 9. The van der Waals surface area contributed by atoms with Crippen molar-refractivity contribution in [3.8, 4) is 0 Å². The third-order valence-electron chi connectivity index (χ3n) is 4.42. The highest BCUT2D eigenvalue weighted by Gasteiger charge is 2.06. The van der Waals surface area contributed by atoms with Gasteiger partial charge in [-0.1, -0.05) is 105 Å². The standard InChI is InChI=1S/C23H24O.C7H10/c1-3-5-7-15-21(20-13-8-6-9-14-20)18-23(24)22-16-10-12-19(17-22)11-4-2;1-4-6-7(3)5-2/h3,5-10,12-18H,4,11H2,1-2H3;4,6H,2H2,1,3H3/b5-3+,15-7-,21-18+;6-4-. The summed E-state index contributed by atoms with van der Waals surface area (Å²) in [6.45, 7) is 11.5. The van der Waals surface area contributed by atoms with Gasteiger partial charge in [0.05, 0.1) is 0 Å². The van der Waals surface area contributed by atoms with Crippen LogP contribution in [-0.2, 0) is 6.42 Å². The molecular formula is C30H34O. The Morgan fingerprint density at radius 3 is 2.23 bits per heavy atom. The smallest absolute Gasteiger partial charge is 0.186 e. The van der Waals surface area contributed by atoms with Crippen LogP contribution < -0.4 is 0 Å². The van der Waals surface area contributed by atoms with Gasteiger partial charge < -0.3 is 0 Å². The molecule has 0 fully saturated rings. The van der Waals surface area contributed by atoms with Gasteiger partial charge >= 0.3 is 0 Å². The number of carbonyl (C=O) groups is 1. The molecule has 0 saturated carbocycles. The van der Waals surface area contributed by atoms with Crippen LogP contribution in [0.4, 0.5) is 0 Å². The minimum atomic E-state index is 0.0388. The highest BCUT2D eigenvalue weighted by atomic mass is 16.1. The van der Waals surface area contributed by atoms with Gasteiger partial charge in [0.1, 0.15) is 0 Å². The second-order valence-corrected chi connectivity index (χ2v) is 7.03. The molecule has 0 radical (unpaired) electrons. The molecule has 0 spiro atoms. The largest absolute Gasteiger partial charge is 0.289 e. The average molecular weight is 411 g/mol. The number of hydrogen-bond donors (Lipinski definition) is 0. The molecule has 0 amide bonds. The Bertz CT molecular complexity index is 978. The second kappa shape index (κ2) is 15.4. The summed E-state index contributed by atoms with van der Waals surface area (Å²) < 4.78 is 0. The Labute approximate surface area is 188 Å². The van der Waals surface area contributed by atoms with Crippen LogP contribution >= 0.6 is 0 Å². The van der Waals surface area contributed by atoms with Crippen molar-refractivity contribution in [3.05, 3.63) is 132 Å². The lowest BCUT2D eigenvalue weighted by atomic mass is 9.99. The molecular weight excluding hydrogens is 376 g/mol. The molecule has 0 bridgehead atoms. The lowest BCUT2D eigenvalue weighted by Crippen LogP contribution is -1.97. The molecule has 0 aliphatic heterocycles. The second-order valence-electron chi connectivity index (χ2n) is 7.03. The van der Waals surface area contributed by atoms with Crippen LogP contribution in [0.25, 0.3) is 5.57 Å². The minimum Gasteiger partial charge on any atom is -0.289 e. The molecule has 1 heteroatoms. The van der Waals surface area contributed by atoms with E-state index in [1.807, 2.05) is 106 Å². The van der Waals surface area contributed by atoms with E-state index in [0.29, 0.717) is 0 Å². The van der Waals surface area contributed by atoms with Gasteiger partial charge in [-0.3, -0.25) is 4.79 Å². The van der Waals surface area contributed by atoms with Crippen molar-refractivity contribution < 1.29 is 4.79 Å². The third kappa shape index (κ3) is 10.3. The van der Waals surface area contributed by atoms with Crippen molar-refractivity contribution in [3.63, 3.8) is 0 Å². The predicted octanol–water partition coefficient (Wildman–Crippen LogP) is 8.33. The first-order valence-electron chi connectivity index (χ1n) is 10.7. The van der Waals surface area contributed by atoms with Crippen LogP contribution in [0.1, 0.15) is 55.6 Å². The van der Waals surface area contributed by atoms with E-state index in [1.165, 1.54) is 5.56 Å². The summed E-state index contributed by atoms with van der Waals surface area (Å²) in [5.74, 6) is 0.0388. The summed E-state index contributed by atoms with van der Waals surface area (Å²) in [6.07, 6.45) is 15.6. The fraction of sp³-hybridized carbons (Fsp3) is 0.200. The van der Waals surface area contributed by atoms with Crippen molar-refractivity contribution >= 4 is 11.4 Å². The molecule has 0 aliphatic carbocycles. The summed E-state index contributed by atoms with van der Waals surface area (Å²) in [7, 11) is 0. The molecule has 2 aromatic rings. The van der Waals surface area contributed by atoms with Gasteiger partial charge in [-0.25, -0.2) is 0 Å². The number of ketones is 1. The molecule has 0 atom stereocenters. The quantitative estimate of drug-likeness (QED) is 0.185. The summed E-state index contributed by atoms with van der Waals surface area (Å²) in [5.41, 5.74) is 7.74. The minimum absolute atomic E-state index is 0.0388. The first kappa shape index (κ1) is 25.6. The first-order chi connectivity index (χ1) is 15.0. The van der Waals surface area contributed by atoms with Gasteiger partial charge in [0.15, 0.2) is 5.78 Å². The van der Waals surface area contributed by atoms with Crippen LogP contribution in [0.15, 0.2) is 115 Å². The first-order valence-corrected chi connectivity index (χ1v) is 10.7. The maximum absolute atomic E-state index is 12.7. The maximum atomic E-state index is 12.7. The topological polar surface area (TPSA) is 17.1 Å². The Morgan fingerprint density at radius 2 is 1.65 bits per heavy atom. The highest BCUT2D eigenvalue weighted by Crippen LogP contribution is 2.18. The monoisotopic (exact) mass is 410 g/mol. The molecule has 1 nitrogen and oxygen atoms in total. The Morgan fingerprint density at radius 1 is 0.935 bits per heavy atom. The van der Waals surface area contributed by atoms with Crippen molar-refractivity contribution in [2.75, 3.05) is 0 Å². The van der Waals surface area contributed by atoms with Crippen LogP contribution in [0, 0.1) is 0 Å². The van der Waals surface area contributed by atoms with Crippen molar-refractivity contribution in [1.29, 1.82) is 0 Å². The lowest BCUT2D eigenvalue weighted by Gasteiger charge is -2.04. The average Bonchev–Trinajstić information content (AvgIpc) is 2.80. The molecule has 31 heavy (non-hydrogen) atoms. The van der Waals surface area contributed by atoms with Gasteiger partial charge in [-0.15, -0.1) is 5.73 Å². The van der Waals surface area contributed by atoms with E-state index in [4.69, 9.17) is 0 Å². The predicted molar refractivity (Wildman–Crippen MR) is 136 cm³/mol. The lowest BCUT2D eigenvalue weighted by molar-refractivity contribution is 0.104. The molecule has 0 unspecified atom stereocenters. The summed E-state index contributed by atoms with van der Waals surface area (Å²) in [5, 5.41) is 0. The van der Waals surface area contributed by atoms with E-state index >= 15 is 0 Å². The zero-order chi connectivity index (χ0) is 22.9. The summed E-state index contributed by atoms with van der Waals surface area (Å²) in [6, 6.07) is 17.9. The van der Waals surface area contributed by atoms with Gasteiger partial charge in [0, 0.05) is 5.56 Å². The van der Waals surface area contributed by atoms with Crippen LogP contribution in [0.5, 0.6) is 0 Å². The molecule has 0 saturated heterocycles. The van der Waals surface area contributed by atoms with Gasteiger partial charge in [0.25, 0.3) is 0 Å². The van der Waals surface area contributed by atoms with E-state index in [-0.39, 0.29) is 5.78 Å². The van der Waals surface area contributed by atoms with E-state index < -0.39 is 0 Å². The summed E-state index contributed by atoms with van der Waals surface area (Å²) in [4.78, 5) is 12.7. The van der Waals surface area contributed by atoms with Crippen molar-refractivity contribution in [2.45, 2.75) is 40.5 Å². The number of rotatable bonds is 8. The Hall–Kier alpha value is -3.41. The van der Waals surface area contributed by atoms with Crippen LogP contribution in [-0.4, -0.2) is 5.78 Å². The molecule has 0 N–H and O–H groups in total. The van der Waals surface area contributed by atoms with Gasteiger partial charge in [-0.05, 0) is 61.6 Å². The number of hydrogen-bond acceptors (Lipinski definition) is 1. The van der Waals surface area contributed by atoms with Crippen molar-refractivity contribution in [2.24, 2.45) is 0 Å². The van der Waals surface area contributed by atoms with Crippen LogP contribution in [0.3, 0.4) is 0 Å². The van der Waals surface area contributed by atoms with E-state index in [2.05, 4.69) is 25.3 Å². The third-order valence-corrected chi connectivity index (χ3v) is 4.42. The molecule has 0 aliphatic rings. The SMILES string of the molecule is C/C=C/C=C\C(=C/C(=O)c1cccc(CCC)c1)c1ccccc1.C=C=C(C)/C=C\C. The van der Waals surface area contributed by atoms with E-state index in [9.17, 15) is 4.79 Å². The van der Waals surface area contributed by atoms with Crippen molar-refractivity contribution in [1.82, 2.24) is 0 Å². The van der Waals surface area contributed by atoms with Gasteiger partial charge in [0.2, 0.25) is 0 Å². The molecule has 0 heterocycles. The van der Waals surface area contributed by atoms with E-state index in [0.717, 1.165) is 35.1 Å². The Balaban J connectivity index is 0.000000592. The molecule has 2 aromatic carbocycles. The summed E-state index contributed by atoms with van der Waals surface area (Å²) >= 11 is 0. The maximum Gasteiger partial charge on any atom is 0.186 e. The molecule has 2 rings (SSSR count). The Kier molecular flexibility index (Phi) is 12.8. The highest BCUT2D eigenvalue weighted by molar-refractivity contribution is 6.09. The fourth-order valence-electron chi connectivity index (χ4n) is 2.83.